The van der Waals surface area contributed by atoms with E-state index < -0.39 is 0 Å². The summed E-state index contributed by atoms with van der Waals surface area (Å²) in [7, 11) is 0. The van der Waals surface area contributed by atoms with Gasteiger partial charge in [-0.25, -0.2) is 4.79 Å². The second-order valence-corrected chi connectivity index (χ2v) is 11.5. The molecule has 3 aliphatic heterocycles. The van der Waals surface area contributed by atoms with Gasteiger partial charge >= 0.3 is 6.03 Å². The predicted octanol–water partition coefficient (Wildman–Crippen LogP) is 3.92. The molecule has 1 aromatic carbocycles. The first-order chi connectivity index (χ1) is 16.5. The van der Waals surface area contributed by atoms with Crippen LogP contribution in [0.2, 0.25) is 0 Å². The molecule has 3 N–H and O–H groups in total. The molecule has 0 bridgehead atoms. The number of urea groups is 1. The number of carbonyl (C=O) groups excluding carboxylic acids is 3. The van der Waals surface area contributed by atoms with Gasteiger partial charge in [0.25, 0.3) is 5.91 Å². The number of amides is 4. The molecule has 0 saturated carbocycles. The van der Waals surface area contributed by atoms with Crippen LogP contribution in [0.3, 0.4) is 0 Å². The number of hydrogen-bond acceptors (Lipinski definition) is 5. The van der Waals surface area contributed by atoms with Crippen LogP contribution in [0.25, 0.3) is 0 Å². The van der Waals surface area contributed by atoms with Crippen LogP contribution in [0.1, 0.15) is 52.0 Å². The summed E-state index contributed by atoms with van der Waals surface area (Å²) in [4.78, 5) is 40.6. The van der Waals surface area contributed by atoms with Gasteiger partial charge in [0.2, 0.25) is 5.91 Å². The number of benzene rings is 1. The largest absolute Gasteiger partial charge is 0.334 e. The fourth-order valence-corrected chi connectivity index (χ4v) is 7.51. The Balaban J connectivity index is 1.11. The van der Waals surface area contributed by atoms with Crippen molar-refractivity contribution in [2.45, 2.75) is 62.9 Å². The van der Waals surface area contributed by atoms with Gasteiger partial charge in [-0.1, -0.05) is 12.5 Å². The van der Waals surface area contributed by atoms with Crippen LogP contribution >= 0.6 is 23.1 Å². The molecule has 5 rings (SSSR count). The molecule has 0 radical (unpaired) electrons. The lowest BCUT2D eigenvalue weighted by atomic mass is 10.0. The van der Waals surface area contributed by atoms with Gasteiger partial charge in [-0.3, -0.25) is 9.59 Å². The Kier molecular flexibility index (Phi) is 6.83. The van der Waals surface area contributed by atoms with Crippen LogP contribution in [0.4, 0.5) is 10.5 Å². The molecular weight excluding hydrogens is 468 g/mol. The number of nitrogens with one attached hydrogen (secondary N) is 3. The van der Waals surface area contributed by atoms with Crippen molar-refractivity contribution in [3.63, 3.8) is 0 Å². The minimum atomic E-state index is -0.0627. The zero-order valence-electron chi connectivity index (χ0n) is 19.3. The van der Waals surface area contributed by atoms with Crippen LogP contribution in [0, 0.1) is 6.92 Å². The molecule has 4 heterocycles. The monoisotopic (exact) mass is 498 g/mol. The van der Waals surface area contributed by atoms with Crippen molar-refractivity contribution in [3.05, 3.63) is 51.2 Å². The highest BCUT2D eigenvalue weighted by Crippen LogP contribution is 2.33. The van der Waals surface area contributed by atoms with Gasteiger partial charge in [0, 0.05) is 46.6 Å². The number of thiophene rings is 1. The lowest BCUT2D eigenvalue weighted by Gasteiger charge is -2.28. The Morgan fingerprint density at radius 1 is 1.21 bits per heavy atom. The van der Waals surface area contributed by atoms with Gasteiger partial charge in [0.05, 0.1) is 12.1 Å². The first kappa shape index (κ1) is 23.2. The van der Waals surface area contributed by atoms with E-state index in [0.717, 1.165) is 43.5 Å². The summed E-state index contributed by atoms with van der Waals surface area (Å²) in [6.07, 6.45) is 4.09. The molecule has 1 aromatic heterocycles. The highest BCUT2D eigenvalue weighted by molar-refractivity contribution is 8.00. The zero-order valence-corrected chi connectivity index (χ0v) is 20.9. The number of hydrogen-bond donors (Lipinski definition) is 3. The summed E-state index contributed by atoms with van der Waals surface area (Å²) < 4.78 is 0. The van der Waals surface area contributed by atoms with E-state index in [2.05, 4.69) is 27.4 Å². The van der Waals surface area contributed by atoms with Crippen LogP contribution in [0.15, 0.2) is 29.6 Å². The maximum Gasteiger partial charge on any atom is 0.315 e. The minimum Gasteiger partial charge on any atom is -0.334 e. The first-order valence-electron chi connectivity index (χ1n) is 11.9. The smallest absolute Gasteiger partial charge is 0.315 e. The average molecular weight is 499 g/mol. The maximum absolute atomic E-state index is 13.2. The Morgan fingerprint density at radius 3 is 2.97 bits per heavy atom. The van der Waals surface area contributed by atoms with Crippen LogP contribution in [0.5, 0.6) is 0 Å². The van der Waals surface area contributed by atoms with E-state index in [9.17, 15) is 14.4 Å². The summed E-state index contributed by atoms with van der Waals surface area (Å²) in [6, 6.07) is 8.04. The number of rotatable bonds is 7. The fourth-order valence-electron chi connectivity index (χ4n) is 5.08. The van der Waals surface area contributed by atoms with Gasteiger partial charge in [-0.2, -0.15) is 11.8 Å². The van der Waals surface area contributed by atoms with E-state index in [0.29, 0.717) is 29.5 Å². The predicted molar refractivity (Wildman–Crippen MR) is 137 cm³/mol. The molecule has 0 spiro atoms. The Morgan fingerprint density at radius 2 is 2.09 bits per heavy atom. The lowest BCUT2D eigenvalue weighted by molar-refractivity contribution is -0.116. The highest BCUT2D eigenvalue weighted by atomic mass is 32.2. The third-order valence-corrected chi connectivity index (χ3v) is 9.55. The van der Waals surface area contributed by atoms with Gasteiger partial charge in [0.15, 0.2) is 0 Å². The van der Waals surface area contributed by atoms with Gasteiger partial charge < -0.3 is 20.9 Å². The molecule has 2 saturated heterocycles. The topological polar surface area (TPSA) is 90.5 Å². The van der Waals surface area contributed by atoms with Crippen molar-refractivity contribution in [1.29, 1.82) is 0 Å². The summed E-state index contributed by atoms with van der Waals surface area (Å²) in [6.45, 7) is 3.28. The fraction of sp³-hybridized carbons (Fsp3) is 0.480. The molecule has 180 valence electrons. The second-order valence-electron chi connectivity index (χ2n) is 9.24. The van der Waals surface area contributed by atoms with E-state index in [4.69, 9.17) is 0 Å². The van der Waals surface area contributed by atoms with Gasteiger partial charge in [0.1, 0.15) is 0 Å². The van der Waals surface area contributed by atoms with Crippen molar-refractivity contribution < 1.29 is 14.4 Å². The molecule has 3 aliphatic rings. The Bertz CT molecular complexity index is 1100. The second kappa shape index (κ2) is 10.00. The molecule has 2 fully saturated rings. The normalized spacial score (nSPS) is 23.1. The number of fused-ring (bicyclic) bond motifs is 2. The van der Waals surface area contributed by atoms with Crippen LogP contribution in [-0.2, 0) is 17.8 Å². The number of nitrogens with zero attached hydrogens (tertiary/aromatic N) is 1. The van der Waals surface area contributed by atoms with Crippen molar-refractivity contribution >= 4 is 46.6 Å². The molecule has 34 heavy (non-hydrogen) atoms. The maximum atomic E-state index is 13.2. The quantitative estimate of drug-likeness (QED) is 0.399. The number of anilines is 1. The Hall–Kier alpha value is -2.52. The molecule has 2 aromatic rings. The van der Waals surface area contributed by atoms with Crippen LogP contribution < -0.4 is 16.0 Å². The summed E-state index contributed by atoms with van der Waals surface area (Å²) in [5.41, 5.74) is 3.41. The Labute approximate surface area is 208 Å². The molecule has 3 atom stereocenters. The average Bonchev–Trinajstić information content (AvgIpc) is 3.53. The summed E-state index contributed by atoms with van der Waals surface area (Å²) in [5.74, 6) is 0.946. The zero-order chi connectivity index (χ0) is 23.7. The first-order valence-corrected chi connectivity index (χ1v) is 13.8. The highest BCUT2D eigenvalue weighted by Gasteiger charge is 2.42. The molecule has 0 aliphatic carbocycles. The molecule has 9 heteroatoms. The SMILES string of the molecule is Cc1c(NC(=O)CCCC[C@@H]2SC[C@@H]3NC(=O)N[C@@H]32)cccc1C(=O)N1CCc2sccc2C1. The third-order valence-electron chi connectivity index (χ3n) is 7.01. The molecular formula is C25H30N4O3S2. The van der Waals surface area contributed by atoms with E-state index >= 15 is 0 Å². The van der Waals surface area contributed by atoms with E-state index in [-0.39, 0.29) is 29.9 Å². The number of thioether (sulfide) groups is 1. The van der Waals surface area contributed by atoms with Crippen molar-refractivity contribution in [2.24, 2.45) is 0 Å². The number of carbonyl (C=O) groups is 3. The standard InChI is InChI=1S/C25H30N4O3S2/c1-15-17(24(31)29-11-9-20-16(13-29)10-12-33-20)5-4-6-18(15)26-22(30)8-3-2-7-21-23-19(14-34-21)27-25(32)28-23/h4-6,10,12,19,21,23H,2-3,7-9,11,13-14H2,1H3,(H,26,30)(H2,27,28,32)/t19-,21-,23-/m0/s1. The minimum absolute atomic E-state index is 0.0197. The van der Waals surface area contributed by atoms with Crippen LogP contribution in [-0.4, -0.2) is 52.4 Å². The molecule has 7 nitrogen and oxygen atoms in total. The van der Waals surface area contributed by atoms with Gasteiger partial charge in [-0.15, -0.1) is 11.3 Å². The van der Waals surface area contributed by atoms with Gasteiger partial charge in [-0.05, 0) is 60.9 Å². The van der Waals surface area contributed by atoms with Crippen molar-refractivity contribution in [1.82, 2.24) is 15.5 Å². The molecule has 0 unspecified atom stereocenters. The lowest BCUT2D eigenvalue weighted by Crippen LogP contribution is -2.36. The number of unbranched alkanes of at least 4 members (excludes halogenated alkanes) is 1. The summed E-state index contributed by atoms with van der Waals surface area (Å²) in [5, 5.41) is 11.5. The van der Waals surface area contributed by atoms with Crippen molar-refractivity contribution in [2.75, 3.05) is 17.6 Å². The van der Waals surface area contributed by atoms with E-state index in [1.54, 1.807) is 11.3 Å². The van der Waals surface area contributed by atoms with Crippen molar-refractivity contribution in [3.8, 4) is 0 Å². The van der Waals surface area contributed by atoms with E-state index in [1.165, 1.54) is 10.4 Å². The summed E-state index contributed by atoms with van der Waals surface area (Å²) >= 11 is 3.66. The third kappa shape index (κ3) is 4.81. The van der Waals surface area contributed by atoms with E-state index in [1.807, 2.05) is 41.8 Å². The molecule has 4 amide bonds.